The van der Waals surface area contributed by atoms with Crippen LogP contribution >= 0.6 is 0 Å². The Balaban J connectivity index is 1.14. The second-order valence-electron chi connectivity index (χ2n) is 10.8. The van der Waals surface area contributed by atoms with Crippen molar-refractivity contribution < 1.29 is 0 Å². The van der Waals surface area contributed by atoms with Gasteiger partial charge in [0.05, 0.1) is 0 Å². The molecule has 2 fully saturated rings. The molecule has 3 aliphatic carbocycles. The van der Waals surface area contributed by atoms with Crippen LogP contribution in [0.1, 0.15) is 60.8 Å². The van der Waals surface area contributed by atoms with Crippen molar-refractivity contribution in [2.24, 2.45) is 11.8 Å². The highest BCUT2D eigenvalue weighted by Gasteiger charge is 2.41. The highest BCUT2D eigenvalue weighted by atomic mass is 14.9. The van der Waals surface area contributed by atoms with Gasteiger partial charge in [0.15, 0.2) is 0 Å². The van der Waals surface area contributed by atoms with Gasteiger partial charge in [-0.25, -0.2) is 0 Å². The molecular weight excluding hydrogens is 410 g/mol. The molecule has 3 atom stereocenters. The standard InChI is InChI=1S/C33H31N/c1-33(31-8-4-2-6-28(31)29-7-3-5-9-32(29)33)25-14-18-27(19-15-25)34-26-16-12-23(13-17-26)30-21-22-10-11-24(30)20-22/h2-9,12-19,22,24,30,34H,10-11,20-21H2,1H3. The van der Waals surface area contributed by atoms with Crippen molar-refractivity contribution in [2.45, 2.75) is 43.9 Å². The Morgan fingerprint density at radius 2 is 1.24 bits per heavy atom. The van der Waals surface area contributed by atoms with Crippen LogP contribution in [0.4, 0.5) is 11.4 Å². The van der Waals surface area contributed by atoms with Crippen molar-refractivity contribution in [1.29, 1.82) is 0 Å². The van der Waals surface area contributed by atoms with E-state index in [1.807, 2.05) is 0 Å². The summed E-state index contributed by atoms with van der Waals surface area (Å²) >= 11 is 0. The molecule has 0 aromatic heterocycles. The summed E-state index contributed by atoms with van der Waals surface area (Å²) in [7, 11) is 0. The molecule has 7 rings (SSSR count). The lowest BCUT2D eigenvalue weighted by atomic mass is 9.74. The third-order valence-electron chi connectivity index (χ3n) is 9.05. The van der Waals surface area contributed by atoms with Gasteiger partial charge in [-0.15, -0.1) is 0 Å². The Labute approximate surface area is 202 Å². The normalized spacial score (nSPS) is 23.5. The molecule has 0 radical (unpaired) electrons. The summed E-state index contributed by atoms with van der Waals surface area (Å²) in [6.45, 7) is 2.37. The lowest BCUT2D eigenvalue weighted by Gasteiger charge is -2.28. The van der Waals surface area contributed by atoms with Crippen LogP contribution < -0.4 is 5.32 Å². The maximum absolute atomic E-state index is 3.62. The zero-order valence-electron chi connectivity index (χ0n) is 19.8. The predicted octanol–water partition coefficient (Wildman–Crippen LogP) is 8.67. The Hall–Kier alpha value is -3.32. The van der Waals surface area contributed by atoms with Gasteiger partial charge in [0.1, 0.15) is 0 Å². The van der Waals surface area contributed by atoms with Crippen molar-refractivity contribution in [3.63, 3.8) is 0 Å². The lowest BCUT2D eigenvalue weighted by Crippen LogP contribution is -2.22. The van der Waals surface area contributed by atoms with Crippen LogP contribution in [0, 0.1) is 11.8 Å². The van der Waals surface area contributed by atoms with Crippen LogP contribution in [0.15, 0.2) is 97.1 Å². The molecular formula is C33H31N. The minimum absolute atomic E-state index is 0.131. The molecule has 0 amide bonds. The number of hydrogen-bond acceptors (Lipinski definition) is 1. The monoisotopic (exact) mass is 441 g/mol. The molecule has 0 aliphatic heterocycles. The molecule has 0 spiro atoms. The van der Waals surface area contributed by atoms with Crippen LogP contribution in [-0.4, -0.2) is 0 Å². The van der Waals surface area contributed by atoms with Gasteiger partial charge in [0.25, 0.3) is 0 Å². The molecule has 3 aliphatic rings. The molecule has 34 heavy (non-hydrogen) atoms. The number of anilines is 2. The molecule has 1 N–H and O–H groups in total. The predicted molar refractivity (Wildman–Crippen MR) is 142 cm³/mol. The lowest BCUT2D eigenvalue weighted by molar-refractivity contribution is 0.420. The van der Waals surface area contributed by atoms with E-state index in [1.165, 1.54) is 59.2 Å². The van der Waals surface area contributed by atoms with E-state index in [0.717, 1.165) is 23.4 Å². The summed E-state index contributed by atoms with van der Waals surface area (Å²) in [5.41, 5.74) is 10.6. The summed E-state index contributed by atoms with van der Waals surface area (Å²) < 4.78 is 0. The fraction of sp³-hybridized carbons (Fsp3) is 0.273. The molecule has 2 bridgehead atoms. The Bertz CT molecular complexity index is 1300. The van der Waals surface area contributed by atoms with Crippen molar-refractivity contribution in [3.05, 3.63) is 119 Å². The average Bonchev–Trinajstić information content (AvgIpc) is 3.59. The molecule has 2 saturated carbocycles. The zero-order chi connectivity index (χ0) is 22.7. The minimum Gasteiger partial charge on any atom is -0.356 e. The van der Waals surface area contributed by atoms with E-state index < -0.39 is 0 Å². The first kappa shape index (κ1) is 20.1. The fourth-order valence-corrected chi connectivity index (χ4v) is 7.28. The Morgan fingerprint density at radius 1 is 0.647 bits per heavy atom. The Morgan fingerprint density at radius 3 is 1.79 bits per heavy atom. The largest absolute Gasteiger partial charge is 0.356 e. The van der Waals surface area contributed by atoms with Crippen molar-refractivity contribution >= 4 is 11.4 Å². The van der Waals surface area contributed by atoms with Gasteiger partial charge in [-0.3, -0.25) is 0 Å². The maximum atomic E-state index is 3.62. The van der Waals surface area contributed by atoms with E-state index in [1.54, 1.807) is 5.56 Å². The van der Waals surface area contributed by atoms with E-state index in [9.17, 15) is 0 Å². The zero-order valence-corrected chi connectivity index (χ0v) is 19.8. The molecule has 168 valence electrons. The second kappa shape index (κ2) is 7.60. The third kappa shape index (κ3) is 2.99. The van der Waals surface area contributed by atoms with Crippen LogP contribution in [0.25, 0.3) is 11.1 Å². The summed E-state index contributed by atoms with van der Waals surface area (Å²) in [4.78, 5) is 0. The van der Waals surface area contributed by atoms with E-state index >= 15 is 0 Å². The summed E-state index contributed by atoms with van der Waals surface area (Å²) in [5.74, 6) is 2.72. The topological polar surface area (TPSA) is 12.0 Å². The van der Waals surface area contributed by atoms with E-state index in [-0.39, 0.29) is 5.41 Å². The fourth-order valence-electron chi connectivity index (χ4n) is 7.28. The molecule has 0 saturated heterocycles. The Kier molecular flexibility index (Phi) is 4.49. The first-order valence-corrected chi connectivity index (χ1v) is 12.9. The maximum Gasteiger partial charge on any atom is 0.0435 e. The number of fused-ring (bicyclic) bond motifs is 5. The highest BCUT2D eigenvalue weighted by molar-refractivity contribution is 5.83. The quantitative estimate of drug-likeness (QED) is 0.334. The van der Waals surface area contributed by atoms with Crippen molar-refractivity contribution in [3.8, 4) is 11.1 Å². The molecule has 4 aromatic rings. The molecule has 0 heterocycles. The molecule has 1 heteroatoms. The van der Waals surface area contributed by atoms with Crippen molar-refractivity contribution in [2.75, 3.05) is 5.32 Å². The van der Waals surface area contributed by atoms with Crippen LogP contribution in [-0.2, 0) is 5.41 Å². The van der Waals surface area contributed by atoms with Gasteiger partial charge in [-0.05, 0) is 102 Å². The summed E-state index contributed by atoms with van der Waals surface area (Å²) in [5, 5.41) is 3.62. The van der Waals surface area contributed by atoms with Crippen LogP contribution in [0.5, 0.6) is 0 Å². The highest BCUT2D eigenvalue weighted by Crippen LogP contribution is 2.53. The second-order valence-corrected chi connectivity index (χ2v) is 10.8. The van der Waals surface area contributed by atoms with Gasteiger partial charge >= 0.3 is 0 Å². The minimum atomic E-state index is -0.131. The van der Waals surface area contributed by atoms with E-state index in [2.05, 4.69) is 109 Å². The number of nitrogens with one attached hydrogen (secondary N) is 1. The van der Waals surface area contributed by atoms with Crippen molar-refractivity contribution in [1.82, 2.24) is 0 Å². The number of benzene rings is 4. The van der Waals surface area contributed by atoms with Crippen LogP contribution in [0.3, 0.4) is 0 Å². The first-order chi connectivity index (χ1) is 16.7. The number of rotatable bonds is 4. The molecule has 1 nitrogen and oxygen atoms in total. The summed E-state index contributed by atoms with van der Waals surface area (Å²) in [6.07, 6.45) is 5.78. The molecule has 4 aromatic carbocycles. The average molecular weight is 442 g/mol. The number of hydrogen-bond donors (Lipinski definition) is 1. The molecule has 3 unspecified atom stereocenters. The summed E-state index contributed by atoms with van der Waals surface area (Å²) in [6, 6.07) is 36.0. The van der Waals surface area contributed by atoms with Gasteiger partial charge < -0.3 is 5.32 Å². The SMILES string of the molecule is CC1(c2ccc(Nc3ccc(C4CC5CCC4C5)cc3)cc2)c2ccccc2-c2ccccc21. The smallest absolute Gasteiger partial charge is 0.0435 e. The third-order valence-corrected chi connectivity index (χ3v) is 9.05. The van der Waals surface area contributed by atoms with Gasteiger partial charge in [0, 0.05) is 16.8 Å². The van der Waals surface area contributed by atoms with Crippen LogP contribution in [0.2, 0.25) is 0 Å². The van der Waals surface area contributed by atoms with Gasteiger partial charge in [-0.2, -0.15) is 0 Å². The van der Waals surface area contributed by atoms with E-state index in [0.29, 0.717) is 0 Å². The van der Waals surface area contributed by atoms with E-state index in [4.69, 9.17) is 0 Å². The first-order valence-electron chi connectivity index (χ1n) is 12.9. The van der Waals surface area contributed by atoms with Gasteiger partial charge in [-0.1, -0.05) is 79.2 Å². The van der Waals surface area contributed by atoms with Gasteiger partial charge in [0.2, 0.25) is 0 Å².